The minimum absolute atomic E-state index is 0.224. The molecule has 112 valence electrons. The zero-order valence-corrected chi connectivity index (χ0v) is 13.2. The van der Waals surface area contributed by atoms with E-state index in [2.05, 4.69) is 32.3 Å². The summed E-state index contributed by atoms with van der Waals surface area (Å²) in [6.07, 6.45) is 1.94. The lowest BCUT2D eigenvalue weighted by Gasteiger charge is -2.19. The van der Waals surface area contributed by atoms with Crippen LogP contribution in [-0.4, -0.2) is 12.1 Å². The summed E-state index contributed by atoms with van der Waals surface area (Å²) in [6, 6.07) is 9.61. The molecule has 0 aliphatic heterocycles. The van der Waals surface area contributed by atoms with Crippen LogP contribution in [-0.2, 0) is 16.0 Å². The summed E-state index contributed by atoms with van der Waals surface area (Å²) in [5.74, 6) is 5.95. The van der Waals surface area contributed by atoms with Gasteiger partial charge < -0.3 is 4.74 Å². The largest absolute Gasteiger partial charge is 0.449 e. The van der Waals surface area contributed by atoms with Gasteiger partial charge in [0.15, 0.2) is 6.10 Å². The Morgan fingerprint density at radius 2 is 2.00 bits per heavy atom. The minimum Gasteiger partial charge on any atom is -0.449 e. The maximum atomic E-state index is 12.1. The first-order chi connectivity index (χ1) is 10.0. The van der Waals surface area contributed by atoms with Gasteiger partial charge in [-0.3, -0.25) is 4.79 Å². The molecule has 0 amide bonds. The molecule has 0 spiro atoms. The summed E-state index contributed by atoms with van der Waals surface area (Å²) in [4.78, 5) is 12.1. The van der Waals surface area contributed by atoms with Crippen molar-refractivity contribution in [2.75, 3.05) is 0 Å². The Bertz CT molecular complexity index is 519. The summed E-state index contributed by atoms with van der Waals surface area (Å²) in [7, 11) is 0. The van der Waals surface area contributed by atoms with Gasteiger partial charge in [0.25, 0.3) is 0 Å². The van der Waals surface area contributed by atoms with Crippen molar-refractivity contribution in [3.8, 4) is 11.8 Å². The van der Waals surface area contributed by atoms with E-state index in [0.29, 0.717) is 0 Å². The number of rotatable bonds is 6. The van der Waals surface area contributed by atoms with Gasteiger partial charge in [-0.15, -0.1) is 0 Å². The molecule has 0 aliphatic carbocycles. The van der Waals surface area contributed by atoms with Gasteiger partial charge in [-0.05, 0) is 24.5 Å². The highest BCUT2D eigenvalue weighted by Gasteiger charge is 2.19. The first-order valence-corrected chi connectivity index (χ1v) is 7.43. The van der Waals surface area contributed by atoms with E-state index in [-0.39, 0.29) is 24.4 Å². The van der Waals surface area contributed by atoms with Gasteiger partial charge in [0.05, 0.1) is 6.42 Å². The molecule has 0 heterocycles. The van der Waals surface area contributed by atoms with E-state index < -0.39 is 0 Å². The van der Waals surface area contributed by atoms with E-state index in [4.69, 9.17) is 4.74 Å². The molecule has 0 fully saturated rings. The number of carbonyl (C=O) groups is 1. The number of hydrogen-bond acceptors (Lipinski definition) is 2. The van der Waals surface area contributed by atoms with E-state index in [9.17, 15) is 4.79 Å². The fourth-order valence-electron chi connectivity index (χ4n) is 2.03. The Kier molecular flexibility index (Phi) is 7.32. The highest BCUT2D eigenvalue weighted by Crippen LogP contribution is 2.15. The summed E-state index contributed by atoms with van der Waals surface area (Å²) >= 11 is 0. The molecule has 0 saturated carbocycles. The number of hydrogen-bond donors (Lipinski definition) is 0. The Balaban J connectivity index is 2.69. The maximum Gasteiger partial charge on any atom is 0.311 e. The first kappa shape index (κ1) is 17.0. The molecule has 1 rings (SSSR count). The zero-order chi connectivity index (χ0) is 15.7. The number of benzene rings is 1. The zero-order valence-electron chi connectivity index (χ0n) is 13.2. The Hall–Kier alpha value is -2.01. The summed E-state index contributed by atoms with van der Waals surface area (Å²) in [6.45, 7) is 9.80. The highest BCUT2D eigenvalue weighted by atomic mass is 16.5. The minimum atomic E-state index is -0.363. The van der Waals surface area contributed by atoms with Crippen molar-refractivity contribution >= 4 is 5.97 Å². The van der Waals surface area contributed by atoms with Gasteiger partial charge in [-0.1, -0.05) is 69.0 Å². The summed E-state index contributed by atoms with van der Waals surface area (Å²) in [5.41, 5.74) is 1.74. The third-order valence-electron chi connectivity index (χ3n) is 3.14. The van der Waals surface area contributed by atoms with Crippen LogP contribution in [0.5, 0.6) is 0 Å². The second kappa shape index (κ2) is 9.02. The van der Waals surface area contributed by atoms with Crippen LogP contribution in [0.2, 0.25) is 0 Å². The number of carbonyl (C=O) groups excluding carboxylic acids is 1. The number of ether oxygens (including phenoxy) is 1. The fourth-order valence-corrected chi connectivity index (χ4v) is 2.03. The normalized spacial score (nSPS) is 12.7. The fraction of sp³-hybridized carbons (Fsp3) is 0.421. The van der Waals surface area contributed by atoms with Gasteiger partial charge in [-0.2, -0.15) is 0 Å². The van der Waals surface area contributed by atoms with Crippen molar-refractivity contribution < 1.29 is 9.53 Å². The molecule has 0 N–H and O–H groups in total. The average Bonchev–Trinajstić information content (AvgIpc) is 2.44. The molecule has 0 bridgehead atoms. The van der Waals surface area contributed by atoms with Crippen LogP contribution in [0, 0.1) is 17.8 Å². The van der Waals surface area contributed by atoms with E-state index in [1.807, 2.05) is 37.3 Å². The number of allylic oxidation sites excluding steroid dienone is 1. The first-order valence-electron chi connectivity index (χ1n) is 7.43. The second-order valence-electron chi connectivity index (χ2n) is 5.39. The van der Waals surface area contributed by atoms with Crippen LogP contribution >= 0.6 is 0 Å². The predicted molar refractivity (Wildman–Crippen MR) is 86.7 cm³/mol. The van der Waals surface area contributed by atoms with Crippen molar-refractivity contribution in [3.05, 3.63) is 48.0 Å². The smallest absolute Gasteiger partial charge is 0.311 e. The van der Waals surface area contributed by atoms with Crippen LogP contribution in [0.4, 0.5) is 0 Å². The Labute approximate surface area is 128 Å². The van der Waals surface area contributed by atoms with Crippen molar-refractivity contribution in [2.24, 2.45) is 5.92 Å². The molecule has 0 aromatic heterocycles. The third kappa shape index (κ3) is 6.81. The van der Waals surface area contributed by atoms with Crippen LogP contribution in [0.1, 0.15) is 39.2 Å². The molecular weight excluding hydrogens is 260 g/mol. The third-order valence-corrected chi connectivity index (χ3v) is 3.14. The van der Waals surface area contributed by atoms with Gasteiger partial charge >= 0.3 is 5.97 Å². The molecule has 0 saturated heterocycles. The predicted octanol–water partition coefficient (Wildman–Crippen LogP) is 4.16. The van der Waals surface area contributed by atoms with Gasteiger partial charge in [0.1, 0.15) is 0 Å². The molecule has 1 aromatic rings. The van der Waals surface area contributed by atoms with Crippen LogP contribution < -0.4 is 0 Å². The van der Waals surface area contributed by atoms with E-state index in [1.165, 1.54) is 0 Å². The second-order valence-corrected chi connectivity index (χ2v) is 5.39. The Morgan fingerprint density at radius 1 is 1.33 bits per heavy atom. The van der Waals surface area contributed by atoms with Crippen molar-refractivity contribution in [1.29, 1.82) is 0 Å². The van der Waals surface area contributed by atoms with Gasteiger partial charge in [-0.25, -0.2) is 0 Å². The molecule has 2 heteroatoms. The standard InChI is InChI=1S/C19H24O2/c1-5-9-16(4)18(13-12-15(2)3)21-19(20)14-17-10-7-6-8-11-17/h6-8,10-11,16,18H,2,5,9,14H2,1,3-4H3. The van der Waals surface area contributed by atoms with Crippen molar-refractivity contribution in [1.82, 2.24) is 0 Å². The number of esters is 1. The summed E-state index contributed by atoms with van der Waals surface area (Å²) < 4.78 is 5.57. The summed E-state index contributed by atoms with van der Waals surface area (Å²) in [5, 5.41) is 0. The molecule has 0 aliphatic rings. The van der Waals surface area contributed by atoms with Crippen LogP contribution in [0.15, 0.2) is 42.5 Å². The SMILES string of the molecule is C=C(C)C#CC(OC(=O)Cc1ccccc1)C(C)CCC. The van der Waals surface area contributed by atoms with E-state index in [1.54, 1.807) is 0 Å². The lowest BCUT2D eigenvalue weighted by atomic mass is 9.99. The lowest BCUT2D eigenvalue weighted by molar-refractivity contribution is -0.147. The molecular formula is C19H24O2. The molecule has 1 aromatic carbocycles. The van der Waals surface area contributed by atoms with Crippen LogP contribution in [0.25, 0.3) is 0 Å². The quantitative estimate of drug-likeness (QED) is 0.579. The monoisotopic (exact) mass is 284 g/mol. The average molecular weight is 284 g/mol. The molecule has 2 nitrogen and oxygen atoms in total. The topological polar surface area (TPSA) is 26.3 Å². The van der Waals surface area contributed by atoms with Crippen LogP contribution in [0.3, 0.4) is 0 Å². The van der Waals surface area contributed by atoms with Crippen molar-refractivity contribution in [3.63, 3.8) is 0 Å². The van der Waals surface area contributed by atoms with Gasteiger partial charge in [0, 0.05) is 5.92 Å². The van der Waals surface area contributed by atoms with Gasteiger partial charge in [0.2, 0.25) is 0 Å². The highest BCUT2D eigenvalue weighted by molar-refractivity contribution is 5.73. The van der Waals surface area contributed by atoms with E-state index >= 15 is 0 Å². The van der Waals surface area contributed by atoms with E-state index in [0.717, 1.165) is 24.0 Å². The molecule has 0 radical (unpaired) electrons. The molecule has 21 heavy (non-hydrogen) atoms. The molecule has 2 atom stereocenters. The Morgan fingerprint density at radius 3 is 2.57 bits per heavy atom. The van der Waals surface area contributed by atoms with Crippen molar-refractivity contribution in [2.45, 2.75) is 46.1 Å². The lowest BCUT2D eigenvalue weighted by Crippen LogP contribution is -2.25. The molecule has 2 unspecified atom stereocenters. The maximum absolute atomic E-state index is 12.1.